The van der Waals surface area contributed by atoms with E-state index in [9.17, 15) is 0 Å². The van der Waals surface area contributed by atoms with Gasteiger partial charge in [-0.25, -0.2) is 9.98 Å². The Labute approximate surface area is 240 Å². The van der Waals surface area contributed by atoms with Gasteiger partial charge < -0.3 is 9.47 Å². The number of amidine groups is 1. The van der Waals surface area contributed by atoms with E-state index >= 15 is 0 Å². The first-order valence-corrected chi connectivity index (χ1v) is 14.1. The topological polar surface area (TPSA) is 68.1 Å². The Balaban J connectivity index is 1.62. The molecule has 0 aliphatic carbocycles. The van der Waals surface area contributed by atoms with Crippen molar-refractivity contribution in [3.05, 3.63) is 92.5 Å². The van der Waals surface area contributed by atoms with Gasteiger partial charge in [0.1, 0.15) is 5.69 Å². The number of halogens is 2. The summed E-state index contributed by atoms with van der Waals surface area (Å²) in [6.45, 7) is 4.86. The van der Waals surface area contributed by atoms with E-state index in [-0.39, 0.29) is 0 Å². The van der Waals surface area contributed by atoms with Crippen LogP contribution in [0.1, 0.15) is 43.0 Å². The highest BCUT2D eigenvalue weighted by Gasteiger charge is 2.11. The molecule has 0 saturated heterocycles. The van der Waals surface area contributed by atoms with Gasteiger partial charge in [0.05, 0.1) is 31.1 Å². The number of nitrogens with one attached hydrogen (secondary N) is 1. The van der Waals surface area contributed by atoms with Crippen molar-refractivity contribution in [2.75, 3.05) is 13.7 Å². The molecular weight excluding hydrogens is 608 g/mol. The summed E-state index contributed by atoms with van der Waals surface area (Å²) in [5.74, 6) is 1.93. The number of unbranched alkanes of at least 4 members (excludes halogenated alkanes) is 2. The molecule has 8 heteroatoms. The van der Waals surface area contributed by atoms with E-state index in [0.717, 1.165) is 61.7 Å². The zero-order chi connectivity index (χ0) is 26.9. The van der Waals surface area contributed by atoms with E-state index in [4.69, 9.17) is 19.5 Å². The molecule has 0 bridgehead atoms. The van der Waals surface area contributed by atoms with Crippen LogP contribution < -0.4 is 14.9 Å². The number of methoxy groups -OCH3 is 1. The number of fused-ring (bicyclic) bond motifs is 1. The van der Waals surface area contributed by atoms with Gasteiger partial charge in [0.25, 0.3) is 0 Å². The van der Waals surface area contributed by atoms with Crippen LogP contribution in [0.25, 0.3) is 10.9 Å². The predicted molar refractivity (Wildman–Crippen MR) is 163 cm³/mol. The Morgan fingerprint density at radius 3 is 2.63 bits per heavy atom. The Morgan fingerprint density at radius 2 is 1.84 bits per heavy atom. The summed E-state index contributed by atoms with van der Waals surface area (Å²) < 4.78 is 13.3. The van der Waals surface area contributed by atoms with Gasteiger partial charge in [-0.05, 0) is 82.9 Å². The molecule has 38 heavy (non-hydrogen) atoms. The number of hydrogen-bond acceptors (Lipinski definition) is 5. The average Bonchev–Trinajstić information content (AvgIpc) is 2.92. The molecule has 0 aliphatic heterocycles. The smallest absolute Gasteiger partial charge is 0.173 e. The van der Waals surface area contributed by atoms with Crippen LogP contribution in [0.3, 0.4) is 0 Å². The standard InChI is InChI=1S/C30H30Br2N4O2/c1-4-5-8-15-38-27-14-11-21(17-28(27)37-3)19-33-36-30(35-29-20(2)16-23(31)18-24(29)32)26-13-12-22-9-6-7-10-25(22)34-26/h6-7,9-14,16-19H,4-5,8,15H2,1-3H3,(H,35,36). The number of aromatic nitrogens is 1. The lowest BCUT2D eigenvalue weighted by Crippen LogP contribution is -2.20. The second kappa shape index (κ2) is 13.5. The fraction of sp³-hybridized carbons (Fsp3) is 0.233. The van der Waals surface area contributed by atoms with Gasteiger partial charge in [-0.3, -0.25) is 5.43 Å². The van der Waals surface area contributed by atoms with Crippen molar-refractivity contribution >= 4 is 60.5 Å². The monoisotopic (exact) mass is 636 g/mol. The van der Waals surface area contributed by atoms with E-state index < -0.39 is 0 Å². The Hall–Kier alpha value is -3.23. The summed E-state index contributed by atoms with van der Waals surface area (Å²) in [4.78, 5) is 9.75. The van der Waals surface area contributed by atoms with E-state index in [1.165, 1.54) is 0 Å². The van der Waals surface area contributed by atoms with Crippen molar-refractivity contribution in [2.24, 2.45) is 10.1 Å². The third-order valence-corrected chi connectivity index (χ3v) is 6.92. The molecule has 0 radical (unpaired) electrons. The number of aryl methyl sites for hydroxylation is 1. The van der Waals surface area contributed by atoms with Crippen LogP contribution in [0.2, 0.25) is 0 Å². The summed E-state index contributed by atoms with van der Waals surface area (Å²) >= 11 is 7.18. The van der Waals surface area contributed by atoms with Crippen molar-refractivity contribution in [3.63, 3.8) is 0 Å². The van der Waals surface area contributed by atoms with Crippen molar-refractivity contribution in [1.29, 1.82) is 0 Å². The number of ether oxygens (including phenoxy) is 2. The zero-order valence-corrected chi connectivity index (χ0v) is 24.8. The number of nitrogens with zero attached hydrogens (tertiary/aromatic N) is 3. The molecule has 4 rings (SSSR count). The second-order valence-electron chi connectivity index (χ2n) is 8.74. The van der Waals surface area contributed by atoms with Crippen LogP contribution >= 0.6 is 31.9 Å². The Bertz CT molecular complexity index is 1450. The van der Waals surface area contributed by atoms with Crippen molar-refractivity contribution in [2.45, 2.75) is 33.1 Å². The van der Waals surface area contributed by atoms with Gasteiger partial charge in [0.2, 0.25) is 0 Å². The molecule has 0 fully saturated rings. The molecule has 0 saturated carbocycles. The number of benzene rings is 3. The average molecular weight is 638 g/mol. The molecule has 3 aromatic carbocycles. The van der Waals surface area contributed by atoms with E-state index in [0.29, 0.717) is 23.9 Å². The van der Waals surface area contributed by atoms with Crippen LogP contribution in [-0.2, 0) is 0 Å². The summed E-state index contributed by atoms with van der Waals surface area (Å²) in [6, 6.07) is 21.7. The van der Waals surface area contributed by atoms with E-state index in [1.807, 2.05) is 73.7 Å². The zero-order valence-electron chi connectivity index (χ0n) is 21.7. The molecule has 196 valence electrons. The normalized spacial score (nSPS) is 11.8. The predicted octanol–water partition coefficient (Wildman–Crippen LogP) is 8.35. The number of pyridine rings is 1. The second-order valence-corrected chi connectivity index (χ2v) is 10.5. The van der Waals surface area contributed by atoms with Crippen LogP contribution in [0, 0.1) is 6.92 Å². The fourth-order valence-electron chi connectivity index (χ4n) is 3.87. The maximum Gasteiger partial charge on any atom is 0.173 e. The van der Waals surface area contributed by atoms with Crippen LogP contribution in [0.15, 0.2) is 85.8 Å². The summed E-state index contributed by atoms with van der Waals surface area (Å²) in [6.07, 6.45) is 5.04. The molecule has 0 amide bonds. The minimum atomic E-state index is 0.529. The molecular formula is C30H30Br2N4O2. The van der Waals surface area contributed by atoms with Gasteiger partial charge >= 0.3 is 0 Å². The quantitative estimate of drug-likeness (QED) is 0.0821. The lowest BCUT2D eigenvalue weighted by Gasteiger charge is -2.11. The molecule has 4 aromatic rings. The van der Waals surface area contributed by atoms with Gasteiger partial charge in [0, 0.05) is 14.3 Å². The summed E-state index contributed by atoms with van der Waals surface area (Å²) in [7, 11) is 1.64. The molecule has 0 aliphatic rings. The lowest BCUT2D eigenvalue weighted by atomic mass is 10.2. The minimum Gasteiger partial charge on any atom is -0.493 e. The third kappa shape index (κ3) is 7.20. The van der Waals surface area contributed by atoms with E-state index in [2.05, 4.69) is 49.3 Å². The highest BCUT2D eigenvalue weighted by molar-refractivity contribution is 9.11. The van der Waals surface area contributed by atoms with Crippen LogP contribution in [0.4, 0.5) is 5.69 Å². The number of aliphatic imine (C=N–C) groups is 1. The van der Waals surface area contributed by atoms with Gasteiger partial charge in [-0.2, -0.15) is 5.10 Å². The number of hydrogen-bond donors (Lipinski definition) is 1. The Kier molecular flexibility index (Phi) is 9.90. The maximum absolute atomic E-state index is 5.90. The first-order valence-electron chi connectivity index (χ1n) is 12.5. The minimum absolute atomic E-state index is 0.529. The molecule has 0 unspecified atom stereocenters. The fourth-order valence-corrected chi connectivity index (χ4v) is 5.40. The maximum atomic E-state index is 5.90. The number of para-hydroxylation sites is 1. The Morgan fingerprint density at radius 1 is 1.00 bits per heavy atom. The van der Waals surface area contributed by atoms with E-state index in [1.54, 1.807) is 13.3 Å². The molecule has 0 spiro atoms. The molecule has 1 aromatic heterocycles. The summed E-state index contributed by atoms with van der Waals surface area (Å²) in [5, 5.41) is 5.56. The largest absolute Gasteiger partial charge is 0.493 e. The SMILES string of the molecule is CCCCCOc1ccc(C=NNC(=Nc2c(C)cc(Br)cc2Br)c2ccc3ccccc3n2)cc1OC. The third-order valence-electron chi connectivity index (χ3n) is 5.86. The molecule has 0 atom stereocenters. The van der Waals surface area contributed by atoms with Gasteiger partial charge in [-0.15, -0.1) is 0 Å². The van der Waals surface area contributed by atoms with Crippen molar-refractivity contribution in [3.8, 4) is 11.5 Å². The van der Waals surface area contributed by atoms with Crippen molar-refractivity contribution < 1.29 is 9.47 Å². The first-order chi connectivity index (χ1) is 18.5. The lowest BCUT2D eigenvalue weighted by molar-refractivity contribution is 0.286. The van der Waals surface area contributed by atoms with Gasteiger partial charge in [0.15, 0.2) is 17.3 Å². The summed E-state index contributed by atoms with van der Waals surface area (Å²) in [5.41, 5.74) is 7.36. The first kappa shape index (κ1) is 27.8. The van der Waals surface area contributed by atoms with Crippen molar-refractivity contribution in [1.82, 2.24) is 10.4 Å². The molecule has 1 heterocycles. The highest BCUT2D eigenvalue weighted by atomic mass is 79.9. The number of rotatable bonds is 10. The van der Waals surface area contributed by atoms with Crippen LogP contribution in [-0.4, -0.2) is 30.8 Å². The molecule has 6 nitrogen and oxygen atoms in total. The molecule has 1 N–H and O–H groups in total. The van der Waals surface area contributed by atoms with Gasteiger partial charge in [-0.1, -0.05) is 60.0 Å². The highest BCUT2D eigenvalue weighted by Crippen LogP contribution is 2.33. The number of hydrazone groups is 1. The van der Waals surface area contributed by atoms with Crippen LogP contribution in [0.5, 0.6) is 11.5 Å².